The van der Waals surface area contributed by atoms with Gasteiger partial charge in [-0.05, 0) is 19.1 Å². The molecule has 0 aromatic heterocycles. The fraction of sp³-hybridized carbons (Fsp3) is 0.143. The summed E-state index contributed by atoms with van der Waals surface area (Å²) in [5, 5.41) is 14.4. The molecule has 5 nitrogen and oxygen atoms in total. The number of benzene rings is 2. The zero-order valence-electron chi connectivity index (χ0n) is 10.8. The summed E-state index contributed by atoms with van der Waals surface area (Å²) in [5.41, 5.74) is 0.592. The molecule has 0 aliphatic heterocycles. The van der Waals surface area contributed by atoms with Crippen LogP contribution < -0.4 is 10.1 Å². The van der Waals surface area contributed by atoms with Gasteiger partial charge in [0.2, 0.25) is 0 Å². The Morgan fingerprint density at radius 2 is 2.05 bits per heavy atom. The zero-order chi connectivity index (χ0) is 14.5. The second-order valence-electron chi connectivity index (χ2n) is 4.04. The van der Waals surface area contributed by atoms with E-state index >= 15 is 0 Å². The van der Waals surface area contributed by atoms with Crippen LogP contribution in [0.3, 0.4) is 0 Å². The van der Waals surface area contributed by atoms with E-state index in [1.165, 1.54) is 12.1 Å². The Balaban J connectivity index is 2.35. The highest BCUT2D eigenvalue weighted by Crippen LogP contribution is 2.32. The van der Waals surface area contributed by atoms with E-state index in [4.69, 9.17) is 16.3 Å². The van der Waals surface area contributed by atoms with Crippen LogP contribution in [0.2, 0.25) is 5.02 Å². The third-order valence-corrected chi connectivity index (χ3v) is 2.86. The smallest absolute Gasteiger partial charge is 0.275 e. The van der Waals surface area contributed by atoms with Crippen molar-refractivity contribution in [1.29, 1.82) is 0 Å². The number of hydrogen-bond acceptors (Lipinski definition) is 4. The lowest BCUT2D eigenvalue weighted by atomic mass is 10.2. The molecule has 0 unspecified atom stereocenters. The third kappa shape index (κ3) is 3.39. The number of rotatable bonds is 5. The summed E-state index contributed by atoms with van der Waals surface area (Å²) in [6.07, 6.45) is 0. The van der Waals surface area contributed by atoms with Gasteiger partial charge in [-0.2, -0.15) is 0 Å². The average Bonchev–Trinajstić information content (AvgIpc) is 2.41. The van der Waals surface area contributed by atoms with E-state index in [-0.39, 0.29) is 5.69 Å². The van der Waals surface area contributed by atoms with E-state index in [1.54, 1.807) is 30.3 Å². The molecule has 0 radical (unpaired) electrons. The van der Waals surface area contributed by atoms with Crippen molar-refractivity contribution >= 4 is 23.0 Å². The number of ether oxygens (including phenoxy) is 1. The van der Waals surface area contributed by atoms with Crippen LogP contribution in [0.5, 0.6) is 11.5 Å². The third-order valence-electron chi connectivity index (χ3n) is 2.55. The average molecular weight is 293 g/mol. The molecule has 0 saturated heterocycles. The van der Waals surface area contributed by atoms with Crippen molar-refractivity contribution < 1.29 is 9.66 Å². The maximum atomic E-state index is 10.9. The van der Waals surface area contributed by atoms with E-state index < -0.39 is 4.92 Å². The fourth-order valence-corrected chi connectivity index (χ4v) is 1.88. The van der Waals surface area contributed by atoms with E-state index in [1.807, 2.05) is 6.92 Å². The van der Waals surface area contributed by atoms with Gasteiger partial charge < -0.3 is 10.1 Å². The maximum Gasteiger partial charge on any atom is 0.275 e. The summed E-state index contributed by atoms with van der Waals surface area (Å²) < 4.78 is 5.61. The second-order valence-corrected chi connectivity index (χ2v) is 4.44. The zero-order valence-corrected chi connectivity index (χ0v) is 11.6. The highest BCUT2D eigenvalue weighted by Gasteiger charge is 2.12. The van der Waals surface area contributed by atoms with Crippen molar-refractivity contribution in [2.24, 2.45) is 0 Å². The van der Waals surface area contributed by atoms with Gasteiger partial charge in [0.25, 0.3) is 5.69 Å². The molecular weight excluding hydrogens is 280 g/mol. The van der Waals surface area contributed by atoms with E-state index in [9.17, 15) is 10.1 Å². The van der Waals surface area contributed by atoms with Gasteiger partial charge in [-0.15, -0.1) is 0 Å². The summed E-state index contributed by atoms with van der Waals surface area (Å²) >= 11 is 6.00. The highest BCUT2D eigenvalue weighted by atomic mass is 35.5. The van der Waals surface area contributed by atoms with Gasteiger partial charge in [0.1, 0.15) is 11.5 Å². The largest absolute Gasteiger partial charge is 0.455 e. The second kappa shape index (κ2) is 6.25. The SMILES string of the molecule is CCNc1cc(Oc2ccccc2Cl)cc([N+](=O)[O-])c1. The van der Waals surface area contributed by atoms with Crippen molar-refractivity contribution in [3.05, 3.63) is 57.6 Å². The predicted molar refractivity (Wildman–Crippen MR) is 78.8 cm³/mol. The van der Waals surface area contributed by atoms with Gasteiger partial charge in [0, 0.05) is 24.4 Å². The monoisotopic (exact) mass is 292 g/mol. The molecule has 0 atom stereocenters. The number of non-ortho nitro benzene ring substituents is 1. The predicted octanol–water partition coefficient (Wildman–Crippen LogP) is 4.47. The lowest BCUT2D eigenvalue weighted by Gasteiger charge is -2.09. The first-order valence-corrected chi connectivity index (χ1v) is 6.43. The Hall–Kier alpha value is -2.27. The molecule has 1 N–H and O–H groups in total. The molecule has 0 fully saturated rings. The molecule has 0 spiro atoms. The maximum absolute atomic E-state index is 10.9. The Bertz CT molecular complexity index is 632. The first kappa shape index (κ1) is 14.1. The van der Waals surface area contributed by atoms with Gasteiger partial charge in [-0.1, -0.05) is 23.7 Å². The minimum Gasteiger partial charge on any atom is -0.455 e. The molecule has 0 aliphatic rings. The van der Waals surface area contributed by atoms with E-state index in [0.29, 0.717) is 28.8 Å². The highest BCUT2D eigenvalue weighted by molar-refractivity contribution is 6.32. The van der Waals surface area contributed by atoms with Crippen molar-refractivity contribution in [2.75, 3.05) is 11.9 Å². The number of hydrogen-bond donors (Lipinski definition) is 1. The van der Waals surface area contributed by atoms with Crippen molar-refractivity contribution in [3.8, 4) is 11.5 Å². The molecule has 0 amide bonds. The van der Waals surface area contributed by atoms with Crippen LogP contribution in [-0.4, -0.2) is 11.5 Å². The normalized spacial score (nSPS) is 10.1. The van der Waals surface area contributed by atoms with Crippen LogP contribution in [0.25, 0.3) is 0 Å². The Morgan fingerprint density at radius 1 is 1.30 bits per heavy atom. The standard InChI is InChI=1S/C14H13ClN2O3/c1-2-16-10-7-11(17(18)19)9-12(8-10)20-14-6-4-3-5-13(14)15/h3-9,16H,2H2,1H3. The van der Waals surface area contributed by atoms with Gasteiger partial charge in [-0.3, -0.25) is 10.1 Å². The first-order valence-electron chi connectivity index (χ1n) is 6.06. The van der Waals surface area contributed by atoms with Crippen molar-refractivity contribution in [2.45, 2.75) is 6.92 Å². The molecule has 6 heteroatoms. The van der Waals surface area contributed by atoms with E-state index in [0.717, 1.165) is 0 Å². The minimum absolute atomic E-state index is 0.0366. The number of anilines is 1. The lowest BCUT2D eigenvalue weighted by Crippen LogP contribution is -1.98. The van der Waals surface area contributed by atoms with Crippen LogP contribution in [0, 0.1) is 10.1 Å². The fourth-order valence-electron chi connectivity index (χ4n) is 1.71. The molecule has 2 aromatic carbocycles. The molecular formula is C14H13ClN2O3. The molecule has 0 heterocycles. The number of nitro benzene ring substituents is 1. The van der Waals surface area contributed by atoms with Gasteiger partial charge in [0.05, 0.1) is 16.0 Å². The summed E-state index contributed by atoms with van der Waals surface area (Å²) in [6, 6.07) is 11.5. The summed E-state index contributed by atoms with van der Waals surface area (Å²) in [6.45, 7) is 2.57. The Kier molecular flexibility index (Phi) is 4.42. The lowest BCUT2D eigenvalue weighted by molar-refractivity contribution is -0.384. The van der Waals surface area contributed by atoms with Crippen LogP contribution in [-0.2, 0) is 0 Å². The van der Waals surface area contributed by atoms with Crippen LogP contribution >= 0.6 is 11.6 Å². The van der Waals surface area contributed by atoms with Gasteiger partial charge in [0.15, 0.2) is 0 Å². The topological polar surface area (TPSA) is 64.4 Å². The summed E-state index contributed by atoms with van der Waals surface area (Å²) in [7, 11) is 0. The van der Waals surface area contributed by atoms with Gasteiger partial charge in [-0.25, -0.2) is 0 Å². The minimum atomic E-state index is -0.458. The van der Waals surface area contributed by atoms with Crippen molar-refractivity contribution in [3.63, 3.8) is 0 Å². The molecule has 2 rings (SSSR count). The quantitative estimate of drug-likeness (QED) is 0.652. The molecule has 0 bridgehead atoms. The van der Waals surface area contributed by atoms with Crippen molar-refractivity contribution in [1.82, 2.24) is 0 Å². The number of nitrogens with zero attached hydrogens (tertiary/aromatic N) is 1. The summed E-state index contributed by atoms with van der Waals surface area (Å²) in [5.74, 6) is 0.820. The number of para-hydroxylation sites is 1. The van der Waals surface area contributed by atoms with E-state index in [2.05, 4.69) is 5.32 Å². The molecule has 0 aliphatic carbocycles. The molecule has 2 aromatic rings. The number of nitro groups is 1. The van der Waals surface area contributed by atoms with Crippen LogP contribution in [0.1, 0.15) is 6.92 Å². The van der Waals surface area contributed by atoms with Crippen LogP contribution in [0.15, 0.2) is 42.5 Å². The van der Waals surface area contributed by atoms with Gasteiger partial charge >= 0.3 is 0 Å². The Labute approximate surface area is 121 Å². The Morgan fingerprint density at radius 3 is 2.70 bits per heavy atom. The molecule has 20 heavy (non-hydrogen) atoms. The molecule has 104 valence electrons. The number of halogens is 1. The first-order chi connectivity index (χ1) is 9.60. The molecule has 0 saturated carbocycles. The number of nitrogens with one attached hydrogen (secondary N) is 1. The summed E-state index contributed by atoms with van der Waals surface area (Å²) in [4.78, 5) is 10.5. The van der Waals surface area contributed by atoms with Crippen LogP contribution in [0.4, 0.5) is 11.4 Å².